The van der Waals surface area contributed by atoms with Crippen molar-refractivity contribution in [2.24, 2.45) is 5.92 Å². The van der Waals surface area contributed by atoms with Gasteiger partial charge in [-0.15, -0.1) is 6.58 Å². The topological polar surface area (TPSA) is 0 Å². The Morgan fingerprint density at radius 3 is 2.33 bits per heavy atom. The summed E-state index contributed by atoms with van der Waals surface area (Å²) in [7, 11) is 0. The minimum Gasteiger partial charge on any atom is -0.103 e. The third kappa shape index (κ3) is 0.648. The molecule has 0 bridgehead atoms. The van der Waals surface area contributed by atoms with Gasteiger partial charge in [0.05, 0.1) is 0 Å². The van der Waals surface area contributed by atoms with Crippen molar-refractivity contribution in [3.63, 3.8) is 0 Å². The van der Waals surface area contributed by atoms with Gasteiger partial charge >= 0.3 is 0 Å². The summed E-state index contributed by atoms with van der Waals surface area (Å²) in [4.78, 5) is 0.759. The predicted octanol–water partition coefficient (Wildman–Crippen LogP) is 1.96. The lowest BCUT2D eigenvalue weighted by Gasteiger charge is -1.70. The zero-order chi connectivity index (χ0) is 4.57. The predicted molar refractivity (Wildman–Crippen MR) is 31.0 cm³/mol. The maximum Gasteiger partial charge on any atom is 0.0214 e. The van der Waals surface area contributed by atoms with Crippen LogP contribution in [0.3, 0.4) is 0 Å². The molecule has 2 atom stereocenters. The van der Waals surface area contributed by atoms with E-state index in [-0.39, 0.29) is 0 Å². The van der Waals surface area contributed by atoms with Gasteiger partial charge in [0, 0.05) is 4.83 Å². The van der Waals surface area contributed by atoms with Gasteiger partial charge in [-0.3, -0.25) is 0 Å². The first kappa shape index (κ1) is 4.38. The first-order valence-electron chi connectivity index (χ1n) is 2.11. The normalized spacial score (nSPS) is 42.2. The molecule has 0 spiro atoms. The lowest BCUT2D eigenvalue weighted by molar-refractivity contribution is 1.14. The molecule has 0 N–H and O–H groups in total. The molecule has 1 saturated carbocycles. The largest absolute Gasteiger partial charge is 0.103 e. The molecule has 0 aromatic rings. The Morgan fingerprint density at radius 1 is 1.83 bits per heavy atom. The van der Waals surface area contributed by atoms with Crippen LogP contribution in [0.2, 0.25) is 0 Å². The number of allylic oxidation sites excluding steroid dienone is 1. The summed E-state index contributed by atoms with van der Waals surface area (Å²) in [6, 6.07) is 0. The molecule has 1 aliphatic carbocycles. The molecule has 0 amide bonds. The summed E-state index contributed by atoms with van der Waals surface area (Å²) in [5.41, 5.74) is 0. The van der Waals surface area contributed by atoms with Gasteiger partial charge in [0.2, 0.25) is 0 Å². The average molecular weight is 147 g/mol. The smallest absolute Gasteiger partial charge is 0.0214 e. The van der Waals surface area contributed by atoms with Crippen molar-refractivity contribution >= 4 is 15.9 Å². The van der Waals surface area contributed by atoms with Crippen molar-refractivity contribution in [1.29, 1.82) is 0 Å². The average Bonchev–Trinajstić information content (AvgIpc) is 2.19. The van der Waals surface area contributed by atoms with Crippen LogP contribution < -0.4 is 0 Å². The van der Waals surface area contributed by atoms with Crippen LogP contribution >= 0.6 is 15.9 Å². The fourth-order valence-corrected chi connectivity index (χ4v) is 1.07. The van der Waals surface area contributed by atoms with E-state index < -0.39 is 0 Å². The Kier molecular flexibility index (Phi) is 1.00. The quantitative estimate of drug-likeness (QED) is 0.392. The van der Waals surface area contributed by atoms with Crippen molar-refractivity contribution in [2.75, 3.05) is 0 Å². The van der Waals surface area contributed by atoms with Crippen molar-refractivity contribution in [1.82, 2.24) is 0 Å². The molecule has 0 saturated heterocycles. The number of halogens is 1. The van der Waals surface area contributed by atoms with Crippen molar-refractivity contribution in [2.45, 2.75) is 11.2 Å². The minimum absolute atomic E-state index is 0.759. The number of hydrogen-bond donors (Lipinski definition) is 0. The summed E-state index contributed by atoms with van der Waals surface area (Å²) in [5, 5.41) is 0. The van der Waals surface area contributed by atoms with Crippen LogP contribution in [-0.2, 0) is 0 Å². The second kappa shape index (κ2) is 1.38. The van der Waals surface area contributed by atoms with Gasteiger partial charge in [-0.2, -0.15) is 0 Å². The summed E-state index contributed by atoms with van der Waals surface area (Å²) in [5.74, 6) is 0.782. The summed E-state index contributed by atoms with van der Waals surface area (Å²) >= 11 is 3.44. The Hall–Kier alpha value is 0.220. The second-order valence-corrected chi connectivity index (χ2v) is 2.83. The first-order valence-corrected chi connectivity index (χ1v) is 3.03. The van der Waals surface area contributed by atoms with E-state index >= 15 is 0 Å². The molecule has 0 radical (unpaired) electrons. The van der Waals surface area contributed by atoms with Crippen LogP contribution in [0.15, 0.2) is 12.7 Å². The molecule has 0 nitrogen and oxygen atoms in total. The summed E-state index contributed by atoms with van der Waals surface area (Å²) in [6.45, 7) is 3.64. The lowest BCUT2D eigenvalue weighted by atomic mass is 10.4. The third-order valence-electron chi connectivity index (χ3n) is 1.06. The van der Waals surface area contributed by atoms with E-state index in [1.807, 2.05) is 6.08 Å². The molecular formula is C5H7Br. The molecule has 1 aliphatic rings. The standard InChI is InChI=1S/C5H7Br/c1-2-4-3-5(4)6/h2,4-5H,1,3H2/t4-,5-/m0/s1. The van der Waals surface area contributed by atoms with Crippen LogP contribution in [0.1, 0.15) is 6.42 Å². The highest BCUT2D eigenvalue weighted by Crippen LogP contribution is 2.37. The summed E-state index contributed by atoms with van der Waals surface area (Å²) in [6.07, 6.45) is 3.29. The molecule has 0 aliphatic heterocycles. The highest BCUT2D eigenvalue weighted by Gasteiger charge is 2.30. The van der Waals surface area contributed by atoms with E-state index in [9.17, 15) is 0 Å². The first-order chi connectivity index (χ1) is 2.84. The van der Waals surface area contributed by atoms with Gasteiger partial charge in [0.25, 0.3) is 0 Å². The molecule has 1 rings (SSSR count). The molecule has 6 heavy (non-hydrogen) atoms. The van der Waals surface area contributed by atoms with Gasteiger partial charge in [-0.1, -0.05) is 22.0 Å². The van der Waals surface area contributed by atoms with Crippen LogP contribution in [-0.4, -0.2) is 4.83 Å². The Labute approximate surface area is 46.4 Å². The SMILES string of the molecule is C=C[C@H]1C[C@@H]1Br. The van der Waals surface area contributed by atoms with Crippen molar-refractivity contribution in [3.8, 4) is 0 Å². The fraction of sp³-hybridized carbons (Fsp3) is 0.600. The number of alkyl halides is 1. The van der Waals surface area contributed by atoms with Crippen LogP contribution in [0.25, 0.3) is 0 Å². The van der Waals surface area contributed by atoms with E-state index in [2.05, 4.69) is 22.5 Å². The monoisotopic (exact) mass is 146 g/mol. The number of rotatable bonds is 1. The maximum atomic E-state index is 3.64. The minimum atomic E-state index is 0.759. The second-order valence-electron chi connectivity index (χ2n) is 1.65. The lowest BCUT2D eigenvalue weighted by Crippen LogP contribution is -1.63. The highest BCUT2D eigenvalue weighted by atomic mass is 79.9. The van der Waals surface area contributed by atoms with E-state index in [1.165, 1.54) is 6.42 Å². The van der Waals surface area contributed by atoms with Crippen LogP contribution in [0, 0.1) is 5.92 Å². The van der Waals surface area contributed by atoms with E-state index in [0.717, 1.165) is 10.7 Å². The van der Waals surface area contributed by atoms with Crippen molar-refractivity contribution < 1.29 is 0 Å². The molecule has 1 fully saturated rings. The van der Waals surface area contributed by atoms with Crippen molar-refractivity contribution in [3.05, 3.63) is 12.7 Å². The molecule has 0 aromatic carbocycles. The van der Waals surface area contributed by atoms with Crippen LogP contribution in [0.4, 0.5) is 0 Å². The molecule has 0 aromatic heterocycles. The molecule has 0 unspecified atom stereocenters. The third-order valence-corrected chi connectivity index (χ3v) is 2.11. The van der Waals surface area contributed by atoms with Crippen LogP contribution in [0.5, 0.6) is 0 Å². The molecule has 1 heteroatoms. The van der Waals surface area contributed by atoms with Gasteiger partial charge < -0.3 is 0 Å². The number of hydrogen-bond acceptors (Lipinski definition) is 0. The van der Waals surface area contributed by atoms with Gasteiger partial charge in [0.1, 0.15) is 0 Å². The van der Waals surface area contributed by atoms with E-state index in [4.69, 9.17) is 0 Å². The molecule has 0 heterocycles. The zero-order valence-corrected chi connectivity index (χ0v) is 5.11. The van der Waals surface area contributed by atoms with Gasteiger partial charge in [0.15, 0.2) is 0 Å². The van der Waals surface area contributed by atoms with Gasteiger partial charge in [-0.05, 0) is 12.3 Å². The fourth-order valence-electron chi connectivity index (χ4n) is 0.425. The maximum absolute atomic E-state index is 3.64. The van der Waals surface area contributed by atoms with Gasteiger partial charge in [-0.25, -0.2) is 0 Å². The Balaban J connectivity index is 2.25. The Morgan fingerprint density at radius 2 is 2.33 bits per heavy atom. The summed E-state index contributed by atoms with van der Waals surface area (Å²) < 4.78 is 0. The van der Waals surface area contributed by atoms with E-state index in [0.29, 0.717) is 0 Å². The molecule has 34 valence electrons. The van der Waals surface area contributed by atoms with E-state index in [1.54, 1.807) is 0 Å². The molecular weight excluding hydrogens is 140 g/mol. The highest BCUT2D eigenvalue weighted by molar-refractivity contribution is 9.09. The zero-order valence-electron chi connectivity index (χ0n) is 3.52. The Bertz CT molecular complexity index is 68.3.